The number of carbonyl (C=O) groups is 1. The number of carbonyl (C=O) groups excluding carboxylic acids is 1. The second-order valence-corrected chi connectivity index (χ2v) is 4.96. The quantitative estimate of drug-likeness (QED) is 0.820. The van der Waals surface area contributed by atoms with E-state index < -0.39 is 0 Å². The van der Waals surface area contributed by atoms with Crippen LogP contribution in [0.15, 0.2) is 42.5 Å². The molecule has 1 unspecified atom stereocenters. The van der Waals surface area contributed by atoms with Crippen molar-refractivity contribution in [2.75, 3.05) is 5.32 Å². The fourth-order valence-electron chi connectivity index (χ4n) is 2.24. The summed E-state index contributed by atoms with van der Waals surface area (Å²) >= 11 is 5.88. The summed E-state index contributed by atoms with van der Waals surface area (Å²) in [4.78, 5) is 11.6. The molecule has 2 nitrogen and oxygen atoms in total. The van der Waals surface area contributed by atoms with E-state index in [9.17, 15) is 4.79 Å². The standard InChI is InChI=1S/C15H12ClNO/c1-9-13-8-11(4-7-14(13)17-15(9)18)10-2-5-12(16)6-3-10/h2-9H,1H3,(H,17,18). The third kappa shape index (κ3) is 1.79. The summed E-state index contributed by atoms with van der Waals surface area (Å²) in [6, 6.07) is 13.8. The third-order valence-electron chi connectivity index (χ3n) is 3.35. The third-order valence-corrected chi connectivity index (χ3v) is 3.60. The monoisotopic (exact) mass is 257 g/mol. The van der Waals surface area contributed by atoms with Gasteiger partial charge in [-0.1, -0.05) is 29.8 Å². The van der Waals surface area contributed by atoms with Gasteiger partial charge in [-0.25, -0.2) is 0 Å². The molecule has 3 heteroatoms. The van der Waals surface area contributed by atoms with Crippen molar-refractivity contribution in [1.29, 1.82) is 0 Å². The van der Waals surface area contributed by atoms with Crippen molar-refractivity contribution in [2.45, 2.75) is 12.8 Å². The summed E-state index contributed by atoms with van der Waals surface area (Å²) in [5.74, 6) is -0.00879. The molecule has 18 heavy (non-hydrogen) atoms. The molecule has 90 valence electrons. The van der Waals surface area contributed by atoms with Gasteiger partial charge in [-0.05, 0) is 47.9 Å². The number of hydrogen-bond acceptors (Lipinski definition) is 1. The van der Waals surface area contributed by atoms with E-state index in [0.717, 1.165) is 27.4 Å². The van der Waals surface area contributed by atoms with Gasteiger partial charge in [0.15, 0.2) is 0 Å². The van der Waals surface area contributed by atoms with E-state index in [1.54, 1.807) is 0 Å². The first-order chi connectivity index (χ1) is 8.65. The van der Waals surface area contributed by atoms with Crippen LogP contribution < -0.4 is 5.32 Å². The van der Waals surface area contributed by atoms with Gasteiger partial charge in [0.25, 0.3) is 0 Å². The highest BCUT2D eigenvalue weighted by molar-refractivity contribution is 6.30. The lowest BCUT2D eigenvalue weighted by Gasteiger charge is -2.06. The first kappa shape index (κ1) is 11.3. The van der Waals surface area contributed by atoms with E-state index in [0.29, 0.717) is 0 Å². The zero-order valence-electron chi connectivity index (χ0n) is 9.91. The Morgan fingerprint density at radius 2 is 1.72 bits per heavy atom. The normalized spacial score (nSPS) is 17.4. The summed E-state index contributed by atoms with van der Waals surface area (Å²) in [6.45, 7) is 1.92. The van der Waals surface area contributed by atoms with E-state index in [4.69, 9.17) is 11.6 Å². The van der Waals surface area contributed by atoms with Crippen molar-refractivity contribution in [3.8, 4) is 11.1 Å². The second-order valence-electron chi connectivity index (χ2n) is 4.52. The van der Waals surface area contributed by atoms with Crippen molar-refractivity contribution < 1.29 is 4.79 Å². The van der Waals surface area contributed by atoms with E-state index in [1.807, 2.05) is 43.3 Å². The summed E-state index contributed by atoms with van der Waals surface area (Å²) in [7, 11) is 0. The molecule has 0 spiro atoms. The van der Waals surface area contributed by atoms with Crippen LogP contribution in [0.4, 0.5) is 5.69 Å². The molecule has 0 aromatic heterocycles. The maximum atomic E-state index is 11.6. The second kappa shape index (κ2) is 4.14. The molecule has 1 heterocycles. The number of amides is 1. The van der Waals surface area contributed by atoms with Crippen LogP contribution in [0.2, 0.25) is 5.02 Å². The van der Waals surface area contributed by atoms with Gasteiger partial charge in [0.05, 0.1) is 5.92 Å². The van der Waals surface area contributed by atoms with Crippen molar-refractivity contribution >= 4 is 23.2 Å². The lowest BCUT2D eigenvalue weighted by Crippen LogP contribution is -2.08. The molecule has 0 saturated heterocycles. The minimum Gasteiger partial charge on any atom is -0.325 e. The van der Waals surface area contributed by atoms with Crippen LogP contribution in [0.1, 0.15) is 18.4 Å². The summed E-state index contributed by atoms with van der Waals surface area (Å²) in [5.41, 5.74) is 4.19. The molecule has 1 N–H and O–H groups in total. The molecule has 0 saturated carbocycles. The lowest BCUT2D eigenvalue weighted by atomic mass is 9.97. The van der Waals surface area contributed by atoms with Crippen LogP contribution in [0, 0.1) is 0 Å². The minimum atomic E-state index is -0.0766. The van der Waals surface area contributed by atoms with Gasteiger partial charge in [-0.15, -0.1) is 0 Å². The molecule has 0 bridgehead atoms. The number of fused-ring (bicyclic) bond motifs is 1. The Morgan fingerprint density at radius 3 is 2.44 bits per heavy atom. The highest BCUT2D eigenvalue weighted by Gasteiger charge is 2.26. The topological polar surface area (TPSA) is 29.1 Å². The molecule has 0 aliphatic carbocycles. The fourth-order valence-corrected chi connectivity index (χ4v) is 2.36. The Labute approximate surface area is 111 Å². The molecule has 1 amide bonds. The summed E-state index contributed by atoms with van der Waals surface area (Å²) in [5, 5.41) is 3.60. The number of anilines is 1. The molecule has 2 aromatic rings. The maximum Gasteiger partial charge on any atom is 0.231 e. The molecule has 1 aliphatic heterocycles. The van der Waals surface area contributed by atoms with E-state index in [1.165, 1.54) is 0 Å². The predicted octanol–water partition coefficient (Wildman–Crippen LogP) is 4.06. The minimum absolute atomic E-state index is 0.0678. The molecule has 2 aromatic carbocycles. The highest BCUT2D eigenvalue weighted by Crippen LogP contribution is 2.35. The van der Waals surface area contributed by atoms with Gasteiger partial charge in [0.2, 0.25) is 5.91 Å². The van der Waals surface area contributed by atoms with Crippen LogP contribution in [0.5, 0.6) is 0 Å². The molecule has 0 fully saturated rings. The van der Waals surface area contributed by atoms with E-state index in [2.05, 4.69) is 11.4 Å². The predicted molar refractivity (Wildman–Crippen MR) is 73.9 cm³/mol. The Kier molecular flexibility index (Phi) is 2.60. The van der Waals surface area contributed by atoms with Gasteiger partial charge < -0.3 is 5.32 Å². The summed E-state index contributed by atoms with van der Waals surface area (Å²) in [6.07, 6.45) is 0. The highest BCUT2D eigenvalue weighted by atomic mass is 35.5. The number of rotatable bonds is 1. The van der Waals surface area contributed by atoms with Crippen molar-refractivity contribution in [1.82, 2.24) is 0 Å². The first-order valence-corrected chi connectivity index (χ1v) is 6.24. The number of benzene rings is 2. The first-order valence-electron chi connectivity index (χ1n) is 5.86. The van der Waals surface area contributed by atoms with Gasteiger partial charge >= 0.3 is 0 Å². The van der Waals surface area contributed by atoms with Crippen LogP contribution >= 0.6 is 11.6 Å². The van der Waals surface area contributed by atoms with E-state index >= 15 is 0 Å². The van der Waals surface area contributed by atoms with Crippen molar-refractivity contribution in [3.05, 3.63) is 53.1 Å². The Hall–Kier alpha value is -1.80. The maximum absolute atomic E-state index is 11.6. The number of hydrogen-bond donors (Lipinski definition) is 1. The Morgan fingerprint density at radius 1 is 1.06 bits per heavy atom. The number of halogens is 1. The zero-order chi connectivity index (χ0) is 12.7. The SMILES string of the molecule is CC1C(=O)Nc2ccc(-c3ccc(Cl)cc3)cc21. The molecule has 1 aliphatic rings. The largest absolute Gasteiger partial charge is 0.325 e. The van der Waals surface area contributed by atoms with Crippen molar-refractivity contribution in [2.24, 2.45) is 0 Å². The molecule has 1 atom stereocenters. The summed E-state index contributed by atoms with van der Waals surface area (Å²) < 4.78 is 0. The van der Waals surface area contributed by atoms with Crippen LogP contribution in [-0.4, -0.2) is 5.91 Å². The van der Waals surface area contributed by atoms with Gasteiger partial charge in [0, 0.05) is 10.7 Å². The Balaban J connectivity index is 2.06. The average molecular weight is 258 g/mol. The fraction of sp³-hybridized carbons (Fsp3) is 0.133. The van der Waals surface area contributed by atoms with Gasteiger partial charge in [-0.2, -0.15) is 0 Å². The van der Waals surface area contributed by atoms with Crippen LogP contribution in [0.3, 0.4) is 0 Å². The lowest BCUT2D eigenvalue weighted by molar-refractivity contribution is -0.116. The van der Waals surface area contributed by atoms with Gasteiger partial charge in [0.1, 0.15) is 0 Å². The number of nitrogens with one attached hydrogen (secondary N) is 1. The van der Waals surface area contributed by atoms with Gasteiger partial charge in [-0.3, -0.25) is 4.79 Å². The molecular formula is C15H12ClNO. The van der Waals surface area contributed by atoms with Crippen LogP contribution in [0.25, 0.3) is 11.1 Å². The smallest absolute Gasteiger partial charge is 0.231 e. The van der Waals surface area contributed by atoms with E-state index in [-0.39, 0.29) is 11.8 Å². The average Bonchev–Trinajstić information content (AvgIpc) is 2.66. The Bertz CT molecular complexity index is 619. The van der Waals surface area contributed by atoms with Crippen molar-refractivity contribution in [3.63, 3.8) is 0 Å². The van der Waals surface area contributed by atoms with Crippen LogP contribution in [-0.2, 0) is 4.79 Å². The molecular weight excluding hydrogens is 246 g/mol. The zero-order valence-corrected chi connectivity index (χ0v) is 10.7. The molecule has 3 rings (SSSR count). The molecule has 0 radical (unpaired) electrons.